The maximum Gasteiger partial charge on any atom is 0.257 e. The number of aromatic nitrogens is 2. The smallest absolute Gasteiger partial charge is 0.257 e. The lowest BCUT2D eigenvalue weighted by molar-refractivity contribution is -0.169. The summed E-state index contributed by atoms with van der Waals surface area (Å²) in [5.74, 6) is -0.994. The van der Waals surface area contributed by atoms with Crippen molar-refractivity contribution >= 4 is 60.5 Å². The molecule has 7 nitrogen and oxygen atoms in total. The van der Waals surface area contributed by atoms with E-state index in [1.165, 1.54) is 23.4 Å². The van der Waals surface area contributed by atoms with Crippen LogP contribution in [-0.4, -0.2) is 86.9 Å². The number of benzene rings is 2. The molecule has 3 aliphatic rings. The summed E-state index contributed by atoms with van der Waals surface area (Å²) in [5, 5.41) is 9.89. The Bertz CT molecular complexity index is 1700. The molecule has 2 aliphatic heterocycles. The number of ether oxygens (including phenoxy) is 2. The van der Waals surface area contributed by atoms with E-state index in [1.807, 2.05) is 15.7 Å². The van der Waals surface area contributed by atoms with E-state index < -0.39 is 44.7 Å². The van der Waals surface area contributed by atoms with Crippen LogP contribution in [0, 0.1) is 11.2 Å². The number of amides is 1. The molecule has 47 heavy (non-hydrogen) atoms. The summed E-state index contributed by atoms with van der Waals surface area (Å²) in [4.78, 5) is 24.9. The molecule has 6 rings (SSSR count). The fourth-order valence-corrected chi connectivity index (χ4v) is 8.13. The Morgan fingerprint density at radius 3 is 2.15 bits per heavy atom. The van der Waals surface area contributed by atoms with Gasteiger partial charge in [-0.25, -0.2) is 18.7 Å². The van der Waals surface area contributed by atoms with Crippen molar-refractivity contribution in [1.29, 1.82) is 0 Å². The number of carbonyl (C=O) groups is 1. The van der Waals surface area contributed by atoms with E-state index in [1.54, 1.807) is 59.9 Å². The zero-order chi connectivity index (χ0) is 34.2. The van der Waals surface area contributed by atoms with Crippen LogP contribution >= 0.6 is 23.2 Å². The Labute approximate surface area is 287 Å². The van der Waals surface area contributed by atoms with Crippen LogP contribution < -0.4 is 0 Å². The SMILES string of the molecule is BC(B)(O)C1(C(B)(B)O[C@]2(c3ccc(Cl)cc3)c3c(F)cc(C(C)(C)C4(F)CCOCC4)cc3C(=O)N2Cc2ncc(Cl)cn2)CC1. The summed E-state index contributed by atoms with van der Waals surface area (Å²) >= 11 is 12.4. The number of alkyl halides is 1. The van der Waals surface area contributed by atoms with Crippen molar-refractivity contribution in [3.05, 3.63) is 92.7 Å². The lowest BCUT2D eigenvalue weighted by Gasteiger charge is -2.51. The molecule has 0 spiro atoms. The summed E-state index contributed by atoms with van der Waals surface area (Å²) in [6, 6.07) is 9.65. The number of halogens is 4. The molecule has 1 atom stereocenters. The van der Waals surface area contributed by atoms with E-state index in [-0.39, 0.29) is 49.6 Å². The first-order valence-corrected chi connectivity index (χ1v) is 16.7. The lowest BCUT2D eigenvalue weighted by atomic mass is 9.43. The van der Waals surface area contributed by atoms with Crippen molar-refractivity contribution in [3.8, 4) is 0 Å². The molecule has 1 aliphatic carbocycles. The zero-order valence-corrected chi connectivity index (χ0v) is 29.1. The predicted molar refractivity (Wildman–Crippen MR) is 187 cm³/mol. The number of nitrogens with zero attached hydrogens (tertiary/aromatic N) is 3. The molecule has 0 unspecified atom stereocenters. The van der Waals surface area contributed by atoms with Crippen LogP contribution in [0.25, 0.3) is 0 Å². The molecule has 3 aromatic rings. The topological polar surface area (TPSA) is 84.8 Å². The maximum absolute atomic E-state index is 17.2. The molecular weight excluding hydrogens is 643 g/mol. The summed E-state index contributed by atoms with van der Waals surface area (Å²) < 4.78 is 46.4. The van der Waals surface area contributed by atoms with E-state index in [0.717, 1.165) is 0 Å². The van der Waals surface area contributed by atoms with Crippen molar-refractivity contribution in [2.45, 2.75) is 73.7 Å². The molecule has 3 heterocycles. The maximum atomic E-state index is 17.2. The summed E-state index contributed by atoms with van der Waals surface area (Å²) in [5.41, 5.74) is -4.52. The van der Waals surface area contributed by atoms with Gasteiger partial charge < -0.3 is 14.6 Å². The molecular formula is C32H37B4Cl2F2N3O4. The third-order valence-corrected chi connectivity index (χ3v) is 11.5. The van der Waals surface area contributed by atoms with Crippen LogP contribution in [-0.2, 0) is 27.2 Å². The zero-order valence-electron chi connectivity index (χ0n) is 27.6. The molecule has 2 aromatic carbocycles. The van der Waals surface area contributed by atoms with Gasteiger partial charge in [-0.3, -0.25) is 9.69 Å². The molecule has 1 N–H and O–H groups in total. The van der Waals surface area contributed by atoms with E-state index in [4.69, 9.17) is 32.7 Å². The normalized spacial score (nSPS) is 22.3. The first-order chi connectivity index (χ1) is 21.9. The first kappa shape index (κ1) is 34.4. The van der Waals surface area contributed by atoms with Gasteiger partial charge in [0.25, 0.3) is 5.91 Å². The van der Waals surface area contributed by atoms with Gasteiger partial charge >= 0.3 is 0 Å². The Balaban J connectivity index is 1.61. The molecule has 2 fully saturated rings. The van der Waals surface area contributed by atoms with E-state index in [2.05, 4.69) is 9.97 Å². The average molecular weight is 680 g/mol. The molecule has 15 heteroatoms. The predicted octanol–water partition coefficient (Wildman–Crippen LogP) is 2.20. The fourth-order valence-electron chi connectivity index (χ4n) is 7.91. The largest absolute Gasteiger partial charge is 0.407 e. The number of aliphatic hydroxyl groups is 1. The van der Waals surface area contributed by atoms with Crippen LogP contribution in [0.5, 0.6) is 0 Å². The standard InChI is InChI=1S/C32H37B4Cl2F2N3O4/c1-27(2,29(40)9-11-46-12-10-29)19-13-22-25(23(39)14-19)30(18-3-5-20(37)6-4-18,47-32(35,36)28(7-8-28)31(33,34)45)43(26(22)44)17-24-41-15-21(38)16-42-24/h3-6,13-16,45H,7-12,17,33-36H2,1-2H3/t30-/m1/s1. The Morgan fingerprint density at radius 1 is 1.00 bits per heavy atom. The summed E-state index contributed by atoms with van der Waals surface area (Å²) in [6.45, 7) is 3.83. The minimum absolute atomic E-state index is 0.00200. The molecule has 1 saturated carbocycles. The number of hydrogen-bond donors (Lipinski definition) is 1. The highest BCUT2D eigenvalue weighted by molar-refractivity contribution is 6.45. The van der Waals surface area contributed by atoms with Gasteiger partial charge in [-0.1, -0.05) is 49.2 Å². The Kier molecular flexibility index (Phi) is 8.48. The molecule has 1 aromatic heterocycles. The second-order valence-electron chi connectivity index (χ2n) is 14.7. The van der Waals surface area contributed by atoms with Crippen molar-refractivity contribution in [3.63, 3.8) is 0 Å². The second kappa shape index (κ2) is 11.6. The van der Waals surface area contributed by atoms with Crippen LogP contribution in [0.4, 0.5) is 8.78 Å². The lowest BCUT2D eigenvalue weighted by Crippen LogP contribution is -2.62. The van der Waals surface area contributed by atoms with Crippen molar-refractivity contribution in [2.24, 2.45) is 5.41 Å². The van der Waals surface area contributed by atoms with Gasteiger partial charge in [0.05, 0.1) is 22.7 Å². The van der Waals surface area contributed by atoms with Crippen molar-refractivity contribution in [1.82, 2.24) is 14.9 Å². The van der Waals surface area contributed by atoms with E-state index in [0.29, 0.717) is 34.0 Å². The van der Waals surface area contributed by atoms with Gasteiger partial charge in [0.1, 0.15) is 48.7 Å². The number of rotatable bonds is 9. The number of carbonyl (C=O) groups excluding carboxylic acids is 1. The Hall–Kier alpha value is -2.43. The minimum Gasteiger partial charge on any atom is -0.407 e. The van der Waals surface area contributed by atoms with Crippen LogP contribution in [0.15, 0.2) is 48.8 Å². The first-order valence-electron chi connectivity index (χ1n) is 16.0. The summed E-state index contributed by atoms with van der Waals surface area (Å²) in [6.07, 6.45) is 4.49. The van der Waals surface area contributed by atoms with Gasteiger partial charge in [-0.2, -0.15) is 0 Å². The van der Waals surface area contributed by atoms with E-state index in [9.17, 15) is 9.90 Å². The quantitative estimate of drug-likeness (QED) is 0.350. The third-order valence-electron chi connectivity index (χ3n) is 11.1. The number of fused-ring (bicyclic) bond motifs is 1. The van der Waals surface area contributed by atoms with Gasteiger partial charge in [0.2, 0.25) is 0 Å². The molecule has 244 valence electrons. The van der Waals surface area contributed by atoms with E-state index >= 15 is 8.78 Å². The molecule has 0 radical (unpaired) electrons. The summed E-state index contributed by atoms with van der Waals surface area (Å²) in [7, 11) is 7.21. The third kappa shape index (κ3) is 5.45. The van der Waals surface area contributed by atoms with Gasteiger partial charge in [-0.15, -0.1) is 0 Å². The van der Waals surface area contributed by atoms with Crippen LogP contribution in [0.3, 0.4) is 0 Å². The molecule has 1 amide bonds. The highest BCUT2D eigenvalue weighted by atomic mass is 35.5. The monoisotopic (exact) mass is 679 g/mol. The van der Waals surface area contributed by atoms with Crippen molar-refractivity contribution < 1.29 is 28.2 Å². The van der Waals surface area contributed by atoms with Crippen LogP contribution in [0.1, 0.15) is 72.4 Å². The average Bonchev–Trinajstić information content (AvgIpc) is 3.80. The van der Waals surface area contributed by atoms with Crippen LogP contribution in [0.2, 0.25) is 10.0 Å². The Morgan fingerprint density at radius 2 is 1.60 bits per heavy atom. The fraction of sp³-hybridized carbons (Fsp3) is 0.469. The number of hydrogen-bond acceptors (Lipinski definition) is 6. The van der Waals surface area contributed by atoms with Gasteiger partial charge in [0, 0.05) is 65.2 Å². The second-order valence-corrected chi connectivity index (χ2v) is 15.6. The van der Waals surface area contributed by atoms with Gasteiger partial charge in [0.15, 0.2) is 5.72 Å². The molecule has 0 bridgehead atoms. The molecule has 1 saturated heterocycles. The highest BCUT2D eigenvalue weighted by Crippen LogP contribution is 2.62. The van der Waals surface area contributed by atoms with Crippen molar-refractivity contribution in [2.75, 3.05) is 13.2 Å². The van der Waals surface area contributed by atoms with Gasteiger partial charge in [-0.05, 0) is 48.1 Å². The highest BCUT2D eigenvalue weighted by Gasteiger charge is 2.66. The minimum atomic E-state index is -1.84.